The number of methoxy groups -OCH3 is 1. The van der Waals surface area contributed by atoms with E-state index in [1.165, 1.54) is 31.7 Å². The van der Waals surface area contributed by atoms with E-state index < -0.39 is 16.0 Å². The Hall–Kier alpha value is -1.11. The first kappa shape index (κ1) is 15.8. The van der Waals surface area contributed by atoms with E-state index >= 15 is 0 Å². The summed E-state index contributed by atoms with van der Waals surface area (Å²) < 4.78 is 32.5. The summed E-state index contributed by atoms with van der Waals surface area (Å²) in [6.45, 7) is 0. The average molecular weight is 344 g/mol. The summed E-state index contributed by atoms with van der Waals surface area (Å²) in [6, 6.07) is 4.08. The number of nitrogens with one attached hydrogen (secondary N) is 1. The van der Waals surface area contributed by atoms with Crippen molar-refractivity contribution in [1.29, 1.82) is 0 Å². The Bertz CT molecular complexity index is 703. The highest BCUT2D eigenvalue weighted by Gasteiger charge is 2.41. The van der Waals surface area contributed by atoms with Gasteiger partial charge in [-0.25, -0.2) is 17.9 Å². The minimum absolute atomic E-state index is 0.000930. The fourth-order valence-electron chi connectivity index (χ4n) is 3.59. The maximum Gasteiger partial charge on any atom is 0.339 e. The van der Waals surface area contributed by atoms with Crippen LogP contribution in [0.3, 0.4) is 0 Å². The molecule has 0 radical (unpaired) electrons. The van der Waals surface area contributed by atoms with Crippen molar-refractivity contribution in [3.05, 3.63) is 28.8 Å². The molecule has 1 aromatic rings. The molecule has 3 rings (SSSR count). The van der Waals surface area contributed by atoms with Crippen molar-refractivity contribution in [2.24, 2.45) is 11.8 Å². The van der Waals surface area contributed by atoms with Crippen LogP contribution in [0.15, 0.2) is 23.1 Å². The molecule has 22 heavy (non-hydrogen) atoms. The Morgan fingerprint density at radius 3 is 2.68 bits per heavy atom. The third kappa shape index (κ3) is 2.87. The zero-order valence-electron chi connectivity index (χ0n) is 12.2. The molecule has 0 aromatic heterocycles. The van der Waals surface area contributed by atoms with Gasteiger partial charge in [0.1, 0.15) is 0 Å². The second kappa shape index (κ2) is 5.83. The molecule has 7 heteroatoms. The van der Waals surface area contributed by atoms with Crippen molar-refractivity contribution in [1.82, 2.24) is 4.72 Å². The summed E-state index contributed by atoms with van der Waals surface area (Å²) in [5.41, 5.74) is 0.0555. The largest absolute Gasteiger partial charge is 0.465 e. The second-order valence-corrected chi connectivity index (χ2v) is 8.16. The fourth-order valence-corrected chi connectivity index (χ4v) is 5.13. The lowest BCUT2D eigenvalue weighted by atomic mass is 9.96. The summed E-state index contributed by atoms with van der Waals surface area (Å²) >= 11 is 5.93. The Morgan fingerprint density at radius 2 is 2.09 bits per heavy atom. The topological polar surface area (TPSA) is 72.5 Å². The number of sulfonamides is 1. The summed E-state index contributed by atoms with van der Waals surface area (Å²) in [6.07, 6.45) is 4.31. The molecule has 2 bridgehead atoms. The molecular formula is C15H18ClNO4S. The van der Waals surface area contributed by atoms with Crippen LogP contribution in [0.1, 0.15) is 36.0 Å². The number of fused-ring (bicyclic) bond motifs is 2. The van der Waals surface area contributed by atoms with Crippen molar-refractivity contribution in [3.63, 3.8) is 0 Å². The molecule has 1 aromatic carbocycles. The number of benzene rings is 1. The number of halogens is 1. The van der Waals surface area contributed by atoms with E-state index in [2.05, 4.69) is 9.46 Å². The highest BCUT2D eigenvalue weighted by atomic mass is 35.5. The molecule has 0 saturated heterocycles. The normalized spacial score (nSPS) is 27.1. The van der Waals surface area contributed by atoms with Crippen molar-refractivity contribution < 1.29 is 17.9 Å². The lowest BCUT2D eigenvalue weighted by Gasteiger charge is -2.22. The van der Waals surface area contributed by atoms with Crippen LogP contribution in [0.25, 0.3) is 0 Å². The second-order valence-electron chi connectivity index (χ2n) is 6.04. The van der Waals surface area contributed by atoms with Gasteiger partial charge < -0.3 is 4.74 Å². The fraction of sp³-hybridized carbons (Fsp3) is 0.533. The van der Waals surface area contributed by atoms with Gasteiger partial charge in [-0.1, -0.05) is 18.0 Å². The molecular weight excluding hydrogens is 326 g/mol. The highest BCUT2D eigenvalue weighted by Crippen LogP contribution is 2.44. The SMILES string of the molecule is COC(=O)c1cc(S(=O)(=O)N[C@H]2C[C@@H]3CC[C@@H]2C3)ccc1Cl. The molecule has 0 amide bonds. The number of rotatable bonds is 4. The smallest absolute Gasteiger partial charge is 0.339 e. The molecule has 2 fully saturated rings. The number of ether oxygens (including phenoxy) is 1. The first-order chi connectivity index (χ1) is 10.4. The van der Waals surface area contributed by atoms with Crippen LogP contribution in [0.2, 0.25) is 5.02 Å². The van der Waals surface area contributed by atoms with E-state index in [4.69, 9.17) is 11.6 Å². The first-order valence-electron chi connectivity index (χ1n) is 7.31. The van der Waals surface area contributed by atoms with Crippen LogP contribution < -0.4 is 4.72 Å². The van der Waals surface area contributed by atoms with E-state index in [9.17, 15) is 13.2 Å². The van der Waals surface area contributed by atoms with Crippen LogP contribution >= 0.6 is 11.6 Å². The van der Waals surface area contributed by atoms with E-state index in [-0.39, 0.29) is 21.5 Å². The molecule has 0 unspecified atom stereocenters. The third-order valence-corrected chi connectivity index (χ3v) is 6.52. The van der Waals surface area contributed by atoms with Crippen LogP contribution in [0, 0.1) is 11.8 Å². The van der Waals surface area contributed by atoms with Gasteiger partial charge in [-0.3, -0.25) is 0 Å². The van der Waals surface area contributed by atoms with Gasteiger partial charge in [-0.2, -0.15) is 0 Å². The minimum Gasteiger partial charge on any atom is -0.465 e. The molecule has 0 spiro atoms. The van der Waals surface area contributed by atoms with Crippen LogP contribution in [-0.4, -0.2) is 27.5 Å². The molecule has 1 N–H and O–H groups in total. The average Bonchev–Trinajstić information content (AvgIpc) is 3.08. The molecule has 2 aliphatic carbocycles. The molecule has 0 heterocycles. The van der Waals surface area contributed by atoms with Gasteiger partial charge in [0.2, 0.25) is 10.0 Å². The Kier molecular flexibility index (Phi) is 4.18. The molecule has 0 aliphatic heterocycles. The zero-order chi connectivity index (χ0) is 15.9. The van der Waals surface area contributed by atoms with Gasteiger partial charge in [-0.15, -0.1) is 0 Å². The van der Waals surface area contributed by atoms with Crippen LogP contribution in [0.5, 0.6) is 0 Å². The monoisotopic (exact) mass is 343 g/mol. The zero-order valence-corrected chi connectivity index (χ0v) is 13.8. The van der Waals surface area contributed by atoms with Gasteiger partial charge in [0.15, 0.2) is 0 Å². The Balaban J connectivity index is 1.84. The van der Waals surface area contributed by atoms with Crippen molar-refractivity contribution in [2.75, 3.05) is 7.11 Å². The predicted molar refractivity (Wildman–Crippen MR) is 82.3 cm³/mol. The van der Waals surface area contributed by atoms with Crippen LogP contribution in [-0.2, 0) is 14.8 Å². The quantitative estimate of drug-likeness (QED) is 0.853. The lowest BCUT2D eigenvalue weighted by Crippen LogP contribution is -2.38. The summed E-state index contributed by atoms with van der Waals surface area (Å²) in [7, 11) is -2.43. The molecule has 2 aliphatic rings. The highest BCUT2D eigenvalue weighted by molar-refractivity contribution is 7.89. The Labute approximate surface area is 135 Å². The summed E-state index contributed by atoms with van der Waals surface area (Å²) in [5, 5.41) is 0.172. The van der Waals surface area contributed by atoms with Gasteiger partial charge in [0.25, 0.3) is 0 Å². The van der Waals surface area contributed by atoms with E-state index in [0.717, 1.165) is 19.3 Å². The third-order valence-electron chi connectivity index (χ3n) is 4.70. The molecule has 2 saturated carbocycles. The predicted octanol–water partition coefficient (Wildman–Crippen LogP) is 2.59. The number of hydrogen-bond donors (Lipinski definition) is 1. The van der Waals surface area contributed by atoms with Gasteiger partial charge >= 0.3 is 5.97 Å². The van der Waals surface area contributed by atoms with Crippen molar-refractivity contribution in [3.8, 4) is 0 Å². The number of carbonyl (C=O) groups is 1. The van der Waals surface area contributed by atoms with Gasteiger partial charge in [0.05, 0.1) is 22.6 Å². The standard InChI is InChI=1S/C15H18ClNO4S/c1-21-15(18)12-8-11(4-5-13(12)16)22(19,20)17-14-7-9-2-3-10(14)6-9/h4-5,8-10,14,17H,2-3,6-7H2,1H3/t9-,10-,14+/m1/s1. The number of esters is 1. The number of hydrogen-bond acceptors (Lipinski definition) is 4. The molecule has 5 nitrogen and oxygen atoms in total. The Morgan fingerprint density at radius 1 is 1.32 bits per heavy atom. The van der Waals surface area contributed by atoms with E-state index in [0.29, 0.717) is 11.8 Å². The van der Waals surface area contributed by atoms with Gasteiger partial charge in [-0.05, 0) is 49.3 Å². The maximum atomic E-state index is 12.5. The maximum absolute atomic E-state index is 12.5. The molecule has 3 atom stereocenters. The lowest BCUT2D eigenvalue weighted by molar-refractivity contribution is 0.0600. The first-order valence-corrected chi connectivity index (χ1v) is 9.17. The van der Waals surface area contributed by atoms with Crippen molar-refractivity contribution in [2.45, 2.75) is 36.6 Å². The van der Waals surface area contributed by atoms with Gasteiger partial charge in [0, 0.05) is 6.04 Å². The minimum atomic E-state index is -3.66. The van der Waals surface area contributed by atoms with Crippen molar-refractivity contribution >= 4 is 27.6 Å². The number of carbonyl (C=O) groups excluding carboxylic acids is 1. The van der Waals surface area contributed by atoms with E-state index in [1.807, 2.05) is 0 Å². The summed E-state index contributed by atoms with van der Waals surface area (Å²) in [5.74, 6) is 0.433. The molecule has 120 valence electrons. The van der Waals surface area contributed by atoms with E-state index in [1.54, 1.807) is 0 Å². The van der Waals surface area contributed by atoms with Crippen LogP contribution in [0.4, 0.5) is 0 Å². The summed E-state index contributed by atoms with van der Waals surface area (Å²) in [4.78, 5) is 11.7.